The van der Waals surface area contributed by atoms with Crippen LogP contribution in [0.2, 0.25) is 0 Å². The summed E-state index contributed by atoms with van der Waals surface area (Å²) in [6.07, 6.45) is 0. The summed E-state index contributed by atoms with van der Waals surface area (Å²) >= 11 is 0. The van der Waals surface area contributed by atoms with Crippen LogP contribution in [0.5, 0.6) is 0 Å². The molecule has 0 aliphatic heterocycles. The molecule has 0 fully saturated rings. The zero-order chi connectivity index (χ0) is 16.5. The third kappa shape index (κ3) is 5.61. The number of nitrogens with one attached hydrogen (secondary N) is 3. The van der Waals surface area contributed by atoms with Crippen LogP contribution < -0.4 is 16.0 Å². The molecular weight excluding hydrogens is 290 g/mol. The summed E-state index contributed by atoms with van der Waals surface area (Å²) < 4.78 is 4.55. The Bertz CT molecular complexity index is 568. The first-order valence-corrected chi connectivity index (χ1v) is 6.46. The smallest absolute Gasteiger partial charge is 0.337 e. The molecule has 1 rings (SSSR count). The number of hydrogen-bond acceptors (Lipinski definition) is 5. The quantitative estimate of drug-likeness (QED) is 0.391. The molecule has 8 nitrogen and oxygen atoms in total. The number of amides is 3. The number of carbonyl (C=O) groups excluding carboxylic acids is 4. The van der Waals surface area contributed by atoms with Crippen LogP contribution in [0.4, 0.5) is 5.69 Å². The van der Waals surface area contributed by atoms with Gasteiger partial charge in [-0.1, -0.05) is 0 Å². The molecule has 0 bridgehead atoms. The third-order valence-corrected chi connectivity index (χ3v) is 2.55. The molecule has 0 aliphatic rings. The van der Waals surface area contributed by atoms with Gasteiger partial charge in [0.05, 0.1) is 12.7 Å². The molecule has 0 unspecified atom stereocenters. The molecule has 0 radical (unpaired) electrons. The van der Waals surface area contributed by atoms with Crippen molar-refractivity contribution < 1.29 is 23.9 Å². The minimum atomic E-state index is -0.839. The van der Waals surface area contributed by atoms with Gasteiger partial charge in [-0.2, -0.15) is 0 Å². The lowest BCUT2D eigenvalue weighted by Crippen LogP contribution is -2.39. The maximum atomic E-state index is 11.6. The molecule has 8 heteroatoms. The number of hydrogen-bond donors (Lipinski definition) is 3. The van der Waals surface area contributed by atoms with Crippen molar-refractivity contribution >= 4 is 29.4 Å². The van der Waals surface area contributed by atoms with Crippen molar-refractivity contribution in [1.29, 1.82) is 0 Å². The van der Waals surface area contributed by atoms with Gasteiger partial charge in [0.1, 0.15) is 0 Å². The summed E-state index contributed by atoms with van der Waals surface area (Å²) in [7, 11) is 1.27. The molecule has 1 aromatic carbocycles. The van der Waals surface area contributed by atoms with Crippen LogP contribution in [0.25, 0.3) is 0 Å². The van der Waals surface area contributed by atoms with Gasteiger partial charge in [0.2, 0.25) is 5.91 Å². The Morgan fingerprint density at radius 3 is 2.09 bits per heavy atom. The number of anilines is 1. The van der Waals surface area contributed by atoms with Gasteiger partial charge in [0.25, 0.3) is 0 Å². The molecule has 0 saturated carbocycles. The van der Waals surface area contributed by atoms with Crippen LogP contribution in [-0.4, -0.2) is 43.9 Å². The SMILES string of the molecule is COC(=O)c1ccc(NC(=O)C(=O)NCCNC(C)=O)cc1. The third-order valence-electron chi connectivity index (χ3n) is 2.55. The minimum Gasteiger partial charge on any atom is -0.465 e. The second-order valence-corrected chi connectivity index (χ2v) is 4.26. The van der Waals surface area contributed by atoms with E-state index in [0.29, 0.717) is 11.3 Å². The van der Waals surface area contributed by atoms with Crippen molar-refractivity contribution in [3.05, 3.63) is 29.8 Å². The van der Waals surface area contributed by atoms with E-state index in [1.807, 2.05) is 0 Å². The van der Waals surface area contributed by atoms with Gasteiger partial charge >= 0.3 is 17.8 Å². The van der Waals surface area contributed by atoms with Crippen molar-refractivity contribution in [1.82, 2.24) is 10.6 Å². The van der Waals surface area contributed by atoms with Crippen LogP contribution in [0.15, 0.2) is 24.3 Å². The number of methoxy groups -OCH3 is 1. The predicted molar refractivity (Wildman–Crippen MR) is 78.1 cm³/mol. The van der Waals surface area contributed by atoms with Crippen molar-refractivity contribution in [3.63, 3.8) is 0 Å². The largest absolute Gasteiger partial charge is 0.465 e. The zero-order valence-corrected chi connectivity index (χ0v) is 12.3. The Morgan fingerprint density at radius 2 is 1.55 bits per heavy atom. The summed E-state index contributed by atoms with van der Waals surface area (Å²) in [6, 6.07) is 5.90. The van der Waals surface area contributed by atoms with Gasteiger partial charge in [-0.15, -0.1) is 0 Å². The molecule has 118 valence electrons. The van der Waals surface area contributed by atoms with E-state index >= 15 is 0 Å². The highest BCUT2D eigenvalue weighted by molar-refractivity contribution is 6.39. The summed E-state index contributed by atoms with van der Waals surface area (Å²) in [5, 5.41) is 7.22. The van der Waals surface area contributed by atoms with Gasteiger partial charge < -0.3 is 20.7 Å². The second-order valence-electron chi connectivity index (χ2n) is 4.26. The maximum Gasteiger partial charge on any atom is 0.337 e. The second kappa shape index (κ2) is 8.40. The molecule has 0 heterocycles. The number of esters is 1. The van der Waals surface area contributed by atoms with Crippen molar-refractivity contribution in [3.8, 4) is 0 Å². The first kappa shape index (κ1) is 17.2. The number of ether oxygens (including phenoxy) is 1. The lowest BCUT2D eigenvalue weighted by atomic mass is 10.2. The van der Waals surface area contributed by atoms with Gasteiger partial charge in [-0.3, -0.25) is 14.4 Å². The Morgan fingerprint density at radius 1 is 0.955 bits per heavy atom. The Hall–Kier alpha value is -2.90. The van der Waals surface area contributed by atoms with Gasteiger partial charge in [-0.25, -0.2) is 4.79 Å². The lowest BCUT2D eigenvalue weighted by Gasteiger charge is -2.07. The highest BCUT2D eigenvalue weighted by Crippen LogP contribution is 2.10. The fourth-order valence-electron chi connectivity index (χ4n) is 1.49. The van der Waals surface area contributed by atoms with Gasteiger partial charge in [0, 0.05) is 25.7 Å². The normalized spacial score (nSPS) is 9.55. The first-order valence-electron chi connectivity index (χ1n) is 6.46. The minimum absolute atomic E-state index is 0.146. The fraction of sp³-hybridized carbons (Fsp3) is 0.286. The lowest BCUT2D eigenvalue weighted by molar-refractivity contribution is -0.136. The van der Waals surface area contributed by atoms with Crippen LogP contribution in [-0.2, 0) is 19.1 Å². The number of carbonyl (C=O) groups is 4. The Balaban J connectivity index is 2.45. The number of rotatable bonds is 5. The molecule has 0 aromatic heterocycles. The highest BCUT2D eigenvalue weighted by atomic mass is 16.5. The average molecular weight is 307 g/mol. The predicted octanol–water partition coefficient (Wildman–Crippen LogP) is -0.336. The summed E-state index contributed by atoms with van der Waals surface area (Å²) in [5.74, 6) is -2.37. The molecule has 0 spiro atoms. The maximum absolute atomic E-state index is 11.6. The number of benzene rings is 1. The molecular formula is C14H17N3O5. The van der Waals surface area contributed by atoms with Gasteiger partial charge in [-0.05, 0) is 24.3 Å². The van der Waals surface area contributed by atoms with E-state index < -0.39 is 17.8 Å². The van der Waals surface area contributed by atoms with Crippen molar-refractivity contribution in [2.45, 2.75) is 6.92 Å². The topological polar surface area (TPSA) is 114 Å². The van der Waals surface area contributed by atoms with Crippen molar-refractivity contribution in [2.75, 3.05) is 25.5 Å². The fourth-order valence-corrected chi connectivity index (χ4v) is 1.49. The monoisotopic (exact) mass is 307 g/mol. The van der Waals surface area contributed by atoms with E-state index in [0.717, 1.165) is 0 Å². The van der Waals surface area contributed by atoms with Crippen LogP contribution >= 0.6 is 0 Å². The molecule has 1 aromatic rings. The van der Waals surface area contributed by atoms with E-state index in [4.69, 9.17) is 0 Å². The van der Waals surface area contributed by atoms with E-state index in [9.17, 15) is 19.2 Å². The molecule has 0 saturated heterocycles. The van der Waals surface area contributed by atoms with Crippen molar-refractivity contribution in [2.24, 2.45) is 0 Å². The molecule has 3 N–H and O–H groups in total. The standard InChI is InChI=1S/C14H17N3O5/c1-9(18)15-7-8-16-12(19)13(20)17-11-5-3-10(4-6-11)14(21)22-2/h3-6H,7-8H2,1-2H3,(H,15,18)(H,16,19)(H,17,20). The van der Waals surface area contributed by atoms with Crippen LogP contribution in [0.3, 0.4) is 0 Å². The van der Waals surface area contributed by atoms with Crippen LogP contribution in [0, 0.1) is 0 Å². The van der Waals surface area contributed by atoms with E-state index in [2.05, 4.69) is 20.7 Å². The highest BCUT2D eigenvalue weighted by Gasteiger charge is 2.13. The molecule has 0 atom stereocenters. The summed E-state index contributed by atoms with van der Waals surface area (Å²) in [4.78, 5) is 45.0. The first-order chi connectivity index (χ1) is 10.4. The Kier molecular flexibility index (Phi) is 6.55. The van der Waals surface area contributed by atoms with E-state index in [1.54, 1.807) is 0 Å². The summed E-state index contributed by atoms with van der Waals surface area (Å²) in [5.41, 5.74) is 0.704. The Labute approximate surface area is 127 Å². The van der Waals surface area contributed by atoms with Gasteiger partial charge in [0.15, 0.2) is 0 Å². The van der Waals surface area contributed by atoms with Crippen LogP contribution in [0.1, 0.15) is 17.3 Å². The molecule has 22 heavy (non-hydrogen) atoms. The van der Waals surface area contributed by atoms with E-state index in [-0.39, 0.29) is 19.0 Å². The average Bonchev–Trinajstić information content (AvgIpc) is 2.51. The molecule has 0 aliphatic carbocycles. The molecule has 3 amide bonds. The zero-order valence-electron chi connectivity index (χ0n) is 12.3. The summed E-state index contributed by atoms with van der Waals surface area (Å²) in [6.45, 7) is 1.74. The van der Waals surface area contributed by atoms with E-state index in [1.165, 1.54) is 38.3 Å².